The van der Waals surface area contributed by atoms with Crippen molar-refractivity contribution in [3.8, 4) is 5.75 Å². The summed E-state index contributed by atoms with van der Waals surface area (Å²) >= 11 is 0. The van der Waals surface area contributed by atoms with E-state index in [1.54, 1.807) is 42.5 Å². The molecule has 2 rings (SSSR count). The molecular weight excluding hydrogens is 330 g/mol. The van der Waals surface area contributed by atoms with Crippen molar-refractivity contribution in [1.82, 2.24) is 5.32 Å². The Labute approximate surface area is 154 Å². The second-order valence-corrected chi connectivity index (χ2v) is 6.12. The Morgan fingerprint density at radius 2 is 1.77 bits per heavy atom. The van der Waals surface area contributed by atoms with Crippen molar-refractivity contribution in [2.75, 3.05) is 6.61 Å². The molecule has 0 aliphatic carbocycles. The normalized spacial score (nSPS) is 10.3. The molecule has 0 unspecified atom stereocenters. The van der Waals surface area contributed by atoms with Crippen LogP contribution in [0.4, 0.5) is 0 Å². The van der Waals surface area contributed by atoms with Crippen LogP contribution in [0.25, 0.3) is 0 Å². The first-order valence-corrected chi connectivity index (χ1v) is 8.93. The third kappa shape index (κ3) is 6.24. The van der Waals surface area contributed by atoms with Crippen LogP contribution in [0.3, 0.4) is 0 Å². The Morgan fingerprint density at radius 3 is 2.46 bits per heavy atom. The van der Waals surface area contributed by atoms with Crippen LogP contribution in [-0.2, 0) is 6.54 Å². The first-order valence-electron chi connectivity index (χ1n) is 8.93. The molecular formula is C21H25NO4. The lowest BCUT2D eigenvalue weighted by molar-refractivity contribution is 0.0696. The zero-order valence-corrected chi connectivity index (χ0v) is 15.0. The zero-order chi connectivity index (χ0) is 18.8. The summed E-state index contributed by atoms with van der Waals surface area (Å²) in [4.78, 5) is 23.2. The first kappa shape index (κ1) is 19.5. The second kappa shape index (κ2) is 10.2. The van der Waals surface area contributed by atoms with Gasteiger partial charge in [0.1, 0.15) is 5.75 Å². The smallest absolute Gasteiger partial charge is 0.335 e. The number of carbonyl (C=O) groups excluding carboxylic acids is 1. The first-order chi connectivity index (χ1) is 12.6. The van der Waals surface area contributed by atoms with Gasteiger partial charge >= 0.3 is 5.97 Å². The maximum atomic E-state index is 12.2. The van der Waals surface area contributed by atoms with Crippen molar-refractivity contribution in [3.05, 3.63) is 65.2 Å². The number of ether oxygens (including phenoxy) is 1. The van der Waals surface area contributed by atoms with Crippen molar-refractivity contribution in [2.45, 2.75) is 39.2 Å². The lowest BCUT2D eigenvalue weighted by atomic mass is 10.1. The summed E-state index contributed by atoms with van der Waals surface area (Å²) in [6.07, 6.45) is 4.62. The summed E-state index contributed by atoms with van der Waals surface area (Å²) in [5.41, 5.74) is 1.49. The van der Waals surface area contributed by atoms with Gasteiger partial charge < -0.3 is 15.2 Å². The van der Waals surface area contributed by atoms with Gasteiger partial charge in [-0.3, -0.25) is 4.79 Å². The molecule has 0 radical (unpaired) electrons. The quantitative estimate of drug-likeness (QED) is 0.624. The van der Waals surface area contributed by atoms with Crippen LogP contribution in [0.1, 0.15) is 58.9 Å². The van der Waals surface area contributed by atoms with Crippen LogP contribution in [0, 0.1) is 0 Å². The number of benzene rings is 2. The highest BCUT2D eigenvalue weighted by Gasteiger charge is 2.07. The molecule has 2 aromatic rings. The van der Waals surface area contributed by atoms with E-state index in [4.69, 9.17) is 9.84 Å². The number of hydrogen-bond donors (Lipinski definition) is 2. The Kier molecular flexibility index (Phi) is 7.68. The molecule has 2 aromatic carbocycles. The lowest BCUT2D eigenvalue weighted by Crippen LogP contribution is -2.22. The largest absolute Gasteiger partial charge is 0.494 e. The van der Waals surface area contributed by atoms with E-state index < -0.39 is 5.97 Å². The lowest BCUT2D eigenvalue weighted by Gasteiger charge is -2.08. The van der Waals surface area contributed by atoms with Gasteiger partial charge in [-0.15, -0.1) is 0 Å². The van der Waals surface area contributed by atoms with Crippen LogP contribution >= 0.6 is 0 Å². The summed E-state index contributed by atoms with van der Waals surface area (Å²) in [7, 11) is 0. The van der Waals surface area contributed by atoms with Crippen LogP contribution in [0.5, 0.6) is 5.75 Å². The fourth-order valence-electron chi connectivity index (χ4n) is 2.52. The molecule has 2 N–H and O–H groups in total. The molecule has 26 heavy (non-hydrogen) atoms. The summed E-state index contributed by atoms with van der Waals surface area (Å²) in [6.45, 7) is 3.13. The predicted molar refractivity (Wildman–Crippen MR) is 101 cm³/mol. The van der Waals surface area contributed by atoms with Gasteiger partial charge in [-0.2, -0.15) is 0 Å². The molecule has 0 heterocycles. The molecule has 5 heteroatoms. The van der Waals surface area contributed by atoms with Crippen molar-refractivity contribution < 1.29 is 19.4 Å². The minimum Gasteiger partial charge on any atom is -0.494 e. The topological polar surface area (TPSA) is 75.6 Å². The minimum absolute atomic E-state index is 0.206. The molecule has 1 amide bonds. The summed E-state index contributed by atoms with van der Waals surface area (Å²) in [5.74, 6) is -0.434. The van der Waals surface area contributed by atoms with E-state index in [0.717, 1.165) is 17.7 Å². The highest BCUT2D eigenvalue weighted by Crippen LogP contribution is 2.13. The molecule has 5 nitrogen and oxygen atoms in total. The van der Waals surface area contributed by atoms with E-state index in [0.29, 0.717) is 12.2 Å². The monoisotopic (exact) mass is 355 g/mol. The molecule has 0 bridgehead atoms. The number of hydrogen-bond acceptors (Lipinski definition) is 3. The van der Waals surface area contributed by atoms with Crippen LogP contribution < -0.4 is 10.1 Å². The zero-order valence-electron chi connectivity index (χ0n) is 15.0. The highest BCUT2D eigenvalue weighted by molar-refractivity contribution is 5.94. The van der Waals surface area contributed by atoms with Gasteiger partial charge in [0.25, 0.3) is 5.91 Å². The van der Waals surface area contributed by atoms with Crippen LogP contribution in [0.15, 0.2) is 48.5 Å². The molecule has 0 atom stereocenters. The van der Waals surface area contributed by atoms with Crippen molar-refractivity contribution >= 4 is 11.9 Å². The van der Waals surface area contributed by atoms with E-state index in [1.807, 2.05) is 0 Å². The number of aromatic carboxylic acids is 1. The molecule has 0 aliphatic rings. The van der Waals surface area contributed by atoms with Crippen molar-refractivity contribution in [2.24, 2.45) is 0 Å². The standard InChI is InChI=1S/C21H25NO4/c1-2-3-4-5-13-26-19-11-9-17(10-12-19)20(23)22-15-16-7-6-8-18(14-16)21(24)25/h6-12,14H,2-5,13,15H2,1H3,(H,22,23)(H,24,25). The molecule has 0 fully saturated rings. The minimum atomic E-state index is -0.983. The second-order valence-electron chi connectivity index (χ2n) is 6.12. The molecule has 0 saturated heterocycles. The van der Waals surface area contributed by atoms with Crippen LogP contribution in [0.2, 0.25) is 0 Å². The molecule has 0 spiro atoms. The van der Waals surface area contributed by atoms with E-state index >= 15 is 0 Å². The van der Waals surface area contributed by atoms with Gasteiger partial charge in [-0.05, 0) is 48.4 Å². The Morgan fingerprint density at radius 1 is 1.00 bits per heavy atom. The van der Waals surface area contributed by atoms with Crippen molar-refractivity contribution in [3.63, 3.8) is 0 Å². The van der Waals surface area contributed by atoms with Crippen molar-refractivity contribution in [1.29, 1.82) is 0 Å². The number of carboxylic acids is 1. The average Bonchev–Trinajstić information content (AvgIpc) is 2.66. The Hall–Kier alpha value is -2.82. The van der Waals surface area contributed by atoms with Gasteiger partial charge in [-0.1, -0.05) is 38.3 Å². The van der Waals surface area contributed by atoms with Gasteiger partial charge in [0.2, 0.25) is 0 Å². The average molecular weight is 355 g/mol. The Bertz CT molecular complexity index is 725. The van der Waals surface area contributed by atoms with Crippen LogP contribution in [-0.4, -0.2) is 23.6 Å². The fraction of sp³-hybridized carbons (Fsp3) is 0.333. The third-order valence-corrected chi connectivity index (χ3v) is 4.01. The third-order valence-electron chi connectivity index (χ3n) is 4.01. The maximum absolute atomic E-state index is 12.2. The number of carboxylic acid groups (broad SMARTS) is 1. The maximum Gasteiger partial charge on any atom is 0.335 e. The molecule has 0 saturated carbocycles. The summed E-state index contributed by atoms with van der Waals surface area (Å²) in [5, 5.41) is 11.8. The van der Waals surface area contributed by atoms with Gasteiger partial charge in [-0.25, -0.2) is 4.79 Å². The van der Waals surface area contributed by atoms with Gasteiger partial charge in [0.05, 0.1) is 12.2 Å². The number of nitrogens with one attached hydrogen (secondary N) is 1. The number of unbranched alkanes of at least 4 members (excludes halogenated alkanes) is 3. The molecule has 138 valence electrons. The van der Waals surface area contributed by atoms with E-state index in [9.17, 15) is 9.59 Å². The predicted octanol–water partition coefficient (Wildman–Crippen LogP) is 4.27. The SMILES string of the molecule is CCCCCCOc1ccc(C(=O)NCc2cccc(C(=O)O)c2)cc1. The van der Waals surface area contributed by atoms with E-state index in [-0.39, 0.29) is 18.0 Å². The van der Waals surface area contributed by atoms with Gasteiger partial charge in [0, 0.05) is 12.1 Å². The van der Waals surface area contributed by atoms with Gasteiger partial charge in [0.15, 0.2) is 0 Å². The Balaban J connectivity index is 1.82. The highest BCUT2D eigenvalue weighted by atomic mass is 16.5. The fourth-order valence-corrected chi connectivity index (χ4v) is 2.52. The summed E-state index contributed by atoms with van der Waals surface area (Å²) in [6, 6.07) is 13.6. The number of amides is 1. The number of carbonyl (C=O) groups is 2. The van der Waals surface area contributed by atoms with E-state index in [1.165, 1.54) is 25.3 Å². The molecule has 0 aliphatic heterocycles. The number of rotatable bonds is 10. The summed E-state index contributed by atoms with van der Waals surface area (Å²) < 4.78 is 5.66. The van der Waals surface area contributed by atoms with E-state index in [2.05, 4.69) is 12.2 Å². The molecule has 0 aromatic heterocycles.